The Morgan fingerprint density at radius 2 is 1.63 bits per heavy atom. The Hall–Kier alpha value is -2.82. The monoisotopic (exact) mass is 257 g/mol. The summed E-state index contributed by atoms with van der Waals surface area (Å²) in [4.78, 5) is 21.3. The van der Waals surface area contributed by atoms with Crippen LogP contribution in [0.3, 0.4) is 0 Å². The van der Waals surface area contributed by atoms with Gasteiger partial charge in [-0.3, -0.25) is 9.59 Å². The van der Waals surface area contributed by atoms with Crippen LogP contribution in [0.4, 0.5) is 0 Å². The molecule has 0 bridgehead atoms. The lowest BCUT2D eigenvalue weighted by Crippen LogP contribution is -2.10. The van der Waals surface area contributed by atoms with E-state index in [4.69, 9.17) is 15.2 Å². The second-order valence-corrected chi connectivity index (χ2v) is 3.65. The standard InChI is InChI=1S/C14H11NO4/c15-14(17)10-5-7-11(8-6-10)19-13-4-2-1-3-12(13)18-9-16/h1-9H,(H2,15,17). The second kappa shape index (κ2) is 5.68. The molecule has 0 spiro atoms. The molecule has 0 aliphatic carbocycles. The van der Waals surface area contributed by atoms with Gasteiger partial charge in [-0.05, 0) is 36.4 Å². The van der Waals surface area contributed by atoms with E-state index in [1.807, 2.05) is 0 Å². The van der Waals surface area contributed by atoms with Crippen molar-refractivity contribution < 1.29 is 19.1 Å². The number of rotatable bonds is 5. The van der Waals surface area contributed by atoms with Crippen molar-refractivity contribution in [3.8, 4) is 17.2 Å². The van der Waals surface area contributed by atoms with Crippen molar-refractivity contribution in [1.29, 1.82) is 0 Å². The minimum absolute atomic E-state index is 0.316. The van der Waals surface area contributed by atoms with Crippen LogP contribution in [0, 0.1) is 0 Å². The fourth-order valence-corrected chi connectivity index (χ4v) is 1.50. The molecule has 0 aromatic heterocycles. The quantitative estimate of drug-likeness (QED) is 0.832. The van der Waals surface area contributed by atoms with Crippen molar-refractivity contribution in [2.45, 2.75) is 0 Å². The van der Waals surface area contributed by atoms with Crippen LogP contribution < -0.4 is 15.2 Å². The Bertz CT molecular complexity index is 593. The molecule has 0 atom stereocenters. The molecule has 0 saturated heterocycles. The van der Waals surface area contributed by atoms with Crippen LogP contribution in [0.1, 0.15) is 10.4 Å². The summed E-state index contributed by atoms with van der Waals surface area (Å²) in [5.41, 5.74) is 5.53. The zero-order chi connectivity index (χ0) is 13.7. The van der Waals surface area contributed by atoms with E-state index in [0.29, 0.717) is 29.3 Å². The predicted molar refractivity (Wildman–Crippen MR) is 68.2 cm³/mol. The lowest BCUT2D eigenvalue weighted by Gasteiger charge is -2.09. The van der Waals surface area contributed by atoms with Gasteiger partial charge in [0.05, 0.1) is 0 Å². The van der Waals surface area contributed by atoms with Crippen LogP contribution in [0.2, 0.25) is 0 Å². The molecule has 0 saturated carbocycles. The fourth-order valence-electron chi connectivity index (χ4n) is 1.50. The maximum Gasteiger partial charge on any atom is 0.298 e. The molecule has 2 aromatic rings. The van der Waals surface area contributed by atoms with Crippen LogP contribution in [0.25, 0.3) is 0 Å². The number of carbonyl (C=O) groups excluding carboxylic acids is 2. The van der Waals surface area contributed by atoms with E-state index < -0.39 is 5.91 Å². The molecule has 96 valence electrons. The van der Waals surface area contributed by atoms with Crippen LogP contribution in [0.15, 0.2) is 48.5 Å². The first-order valence-corrected chi connectivity index (χ1v) is 5.48. The molecule has 5 nitrogen and oxygen atoms in total. The van der Waals surface area contributed by atoms with Crippen molar-refractivity contribution in [1.82, 2.24) is 0 Å². The minimum atomic E-state index is -0.503. The number of carbonyl (C=O) groups is 2. The van der Waals surface area contributed by atoms with Crippen molar-refractivity contribution >= 4 is 12.4 Å². The van der Waals surface area contributed by atoms with E-state index in [0.717, 1.165) is 0 Å². The first-order valence-electron chi connectivity index (χ1n) is 5.48. The molecule has 0 fully saturated rings. The van der Waals surface area contributed by atoms with Gasteiger partial charge in [0.25, 0.3) is 6.47 Å². The minimum Gasteiger partial charge on any atom is -0.453 e. The Morgan fingerprint density at radius 3 is 2.21 bits per heavy atom. The van der Waals surface area contributed by atoms with Gasteiger partial charge in [0.2, 0.25) is 5.91 Å². The number of hydrogen-bond donors (Lipinski definition) is 1. The first-order chi connectivity index (χ1) is 9.20. The summed E-state index contributed by atoms with van der Waals surface area (Å²) in [6, 6.07) is 13.1. The van der Waals surface area contributed by atoms with Gasteiger partial charge < -0.3 is 15.2 Å². The zero-order valence-electron chi connectivity index (χ0n) is 9.91. The van der Waals surface area contributed by atoms with Gasteiger partial charge in [-0.25, -0.2) is 0 Å². The van der Waals surface area contributed by atoms with Crippen molar-refractivity contribution in [3.05, 3.63) is 54.1 Å². The Balaban J connectivity index is 2.21. The number of nitrogens with two attached hydrogens (primary N) is 1. The van der Waals surface area contributed by atoms with E-state index in [1.165, 1.54) is 0 Å². The largest absolute Gasteiger partial charge is 0.453 e. The maximum atomic E-state index is 10.9. The highest BCUT2D eigenvalue weighted by Crippen LogP contribution is 2.30. The lowest BCUT2D eigenvalue weighted by atomic mass is 10.2. The smallest absolute Gasteiger partial charge is 0.298 e. The third-order valence-electron chi connectivity index (χ3n) is 2.39. The number of para-hydroxylation sites is 2. The van der Waals surface area contributed by atoms with Crippen LogP contribution >= 0.6 is 0 Å². The molecule has 1 amide bonds. The van der Waals surface area contributed by atoms with Gasteiger partial charge in [0.15, 0.2) is 11.5 Å². The summed E-state index contributed by atoms with van der Waals surface area (Å²) >= 11 is 0. The third kappa shape index (κ3) is 3.10. The van der Waals surface area contributed by atoms with E-state index in [2.05, 4.69) is 0 Å². The molecule has 2 N–H and O–H groups in total. The highest BCUT2D eigenvalue weighted by atomic mass is 16.5. The molecule has 19 heavy (non-hydrogen) atoms. The first kappa shape index (κ1) is 12.6. The molecule has 2 aromatic carbocycles. The predicted octanol–water partition coefficient (Wildman–Crippen LogP) is 2.11. The summed E-state index contributed by atoms with van der Waals surface area (Å²) in [5, 5.41) is 0. The number of hydrogen-bond acceptors (Lipinski definition) is 4. The molecular weight excluding hydrogens is 246 g/mol. The normalized spacial score (nSPS) is 9.68. The highest BCUT2D eigenvalue weighted by Gasteiger charge is 2.06. The Morgan fingerprint density at radius 1 is 1.00 bits per heavy atom. The molecule has 5 heteroatoms. The van der Waals surface area contributed by atoms with Crippen molar-refractivity contribution in [2.24, 2.45) is 5.73 Å². The highest BCUT2D eigenvalue weighted by molar-refractivity contribution is 5.92. The summed E-state index contributed by atoms with van der Waals surface area (Å²) < 4.78 is 10.4. The Labute approximate surface area is 109 Å². The molecule has 0 aliphatic heterocycles. The molecule has 0 aliphatic rings. The van der Waals surface area contributed by atoms with Crippen LogP contribution in [-0.4, -0.2) is 12.4 Å². The summed E-state index contributed by atoms with van der Waals surface area (Å²) in [6.45, 7) is 0.332. The molecular formula is C14H11NO4. The topological polar surface area (TPSA) is 78.6 Å². The summed E-state index contributed by atoms with van der Waals surface area (Å²) in [5.74, 6) is 0.723. The maximum absolute atomic E-state index is 10.9. The van der Waals surface area contributed by atoms with Gasteiger partial charge in [-0.1, -0.05) is 12.1 Å². The Kier molecular flexibility index (Phi) is 3.78. The van der Waals surface area contributed by atoms with Gasteiger partial charge in [-0.15, -0.1) is 0 Å². The number of ether oxygens (including phenoxy) is 2. The van der Waals surface area contributed by atoms with E-state index in [9.17, 15) is 9.59 Å². The van der Waals surface area contributed by atoms with Gasteiger partial charge in [0, 0.05) is 5.56 Å². The van der Waals surface area contributed by atoms with E-state index >= 15 is 0 Å². The summed E-state index contributed by atoms with van der Waals surface area (Å²) in [7, 11) is 0. The van der Waals surface area contributed by atoms with Crippen LogP contribution in [0.5, 0.6) is 17.2 Å². The number of benzene rings is 2. The van der Waals surface area contributed by atoms with Crippen molar-refractivity contribution in [2.75, 3.05) is 0 Å². The number of primary amides is 1. The molecule has 0 heterocycles. The average molecular weight is 257 g/mol. The SMILES string of the molecule is NC(=O)c1ccc(Oc2ccccc2OC=O)cc1. The van der Waals surface area contributed by atoms with E-state index in [-0.39, 0.29) is 0 Å². The van der Waals surface area contributed by atoms with E-state index in [1.54, 1.807) is 48.5 Å². The number of amides is 1. The van der Waals surface area contributed by atoms with Crippen LogP contribution in [-0.2, 0) is 4.79 Å². The molecule has 0 unspecified atom stereocenters. The molecule has 2 rings (SSSR count). The average Bonchev–Trinajstić information content (AvgIpc) is 2.42. The fraction of sp³-hybridized carbons (Fsp3) is 0. The molecule has 0 radical (unpaired) electrons. The van der Waals surface area contributed by atoms with Gasteiger partial charge in [0.1, 0.15) is 5.75 Å². The van der Waals surface area contributed by atoms with Gasteiger partial charge in [-0.2, -0.15) is 0 Å². The summed E-state index contributed by atoms with van der Waals surface area (Å²) in [6.07, 6.45) is 0. The van der Waals surface area contributed by atoms with Gasteiger partial charge >= 0.3 is 0 Å². The van der Waals surface area contributed by atoms with Crippen molar-refractivity contribution in [3.63, 3.8) is 0 Å². The second-order valence-electron chi connectivity index (χ2n) is 3.65. The lowest BCUT2D eigenvalue weighted by molar-refractivity contribution is -0.120. The third-order valence-corrected chi connectivity index (χ3v) is 2.39. The zero-order valence-corrected chi connectivity index (χ0v) is 9.91.